The van der Waals surface area contributed by atoms with Gasteiger partial charge < -0.3 is 14.8 Å². The molecule has 1 amide bonds. The van der Waals surface area contributed by atoms with Gasteiger partial charge in [-0.2, -0.15) is 0 Å². The lowest BCUT2D eigenvalue weighted by Gasteiger charge is -2.26. The van der Waals surface area contributed by atoms with Crippen molar-refractivity contribution < 1.29 is 14.3 Å². The average molecular weight is 423 g/mol. The fraction of sp³-hybridized carbons (Fsp3) is 0.238. The van der Waals surface area contributed by atoms with E-state index in [2.05, 4.69) is 27.1 Å². The van der Waals surface area contributed by atoms with E-state index in [4.69, 9.17) is 9.47 Å². The van der Waals surface area contributed by atoms with E-state index in [1.165, 1.54) is 11.8 Å². The Morgan fingerprint density at radius 3 is 2.83 bits per heavy atom. The molecule has 0 saturated heterocycles. The quantitative estimate of drug-likeness (QED) is 0.440. The zero-order valence-corrected chi connectivity index (χ0v) is 17.0. The Labute approximate surface area is 178 Å². The van der Waals surface area contributed by atoms with Gasteiger partial charge in [-0.15, -0.1) is 16.8 Å². The predicted octanol–water partition coefficient (Wildman–Crippen LogP) is 2.57. The lowest BCUT2D eigenvalue weighted by molar-refractivity contribution is -0.119. The Balaban J connectivity index is 1.32. The number of amides is 1. The minimum Gasteiger partial charge on any atom is -0.486 e. The Hall–Kier alpha value is -3.33. The summed E-state index contributed by atoms with van der Waals surface area (Å²) in [6, 6.07) is 11.2. The minimum atomic E-state index is -0.225. The summed E-state index contributed by atoms with van der Waals surface area (Å²) in [5.41, 5.74) is 0.908. The van der Waals surface area contributed by atoms with Crippen LogP contribution in [0.3, 0.4) is 0 Å². The Morgan fingerprint density at radius 1 is 1.23 bits per heavy atom. The monoisotopic (exact) mass is 423 g/mol. The Kier molecular flexibility index (Phi) is 6.29. The number of thioether (sulfide) groups is 1. The second-order valence-corrected chi connectivity index (χ2v) is 7.47. The molecule has 4 rings (SSSR count). The maximum atomic E-state index is 12.3. The number of benzene rings is 1. The van der Waals surface area contributed by atoms with Crippen LogP contribution in [0.5, 0.6) is 11.5 Å². The van der Waals surface area contributed by atoms with E-state index in [1.807, 2.05) is 41.0 Å². The zero-order valence-electron chi connectivity index (χ0n) is 16.2. The predicted molar refractivity (Wildman–Crippen MR) is 114 cm³/mol. The molecule has 30 heavy (non-hydrogen) atoms. The summed E-state index contributed by atoms with van der Waals surface area (Å²) in [4.78, 5) is 16.4. The van der Waals surface area contributed by atoms with E-state index in [-0.39, 0.29) is 17.8 Å². The van der Waals surface area contributed by atoms with E-state index in [1.54, 1.807) is 18.5 Å². The zero-order chi connectivity index (χ0) is 20.8. The molecule has 0 unspecified atom stereocenters. The van der Waals surface area contributed by atoms with Gasteiger partial charge in [0.05, 0.1) is 12.3 Å². The molecule has 9 heteroatoms. The second kappa shape index (κ2) is 9.45. The van der Waals surface area contributed by atoms with Crippen LogP contribution in [0.2, 0.25) is 0 Å². The fourth-order valence-electron chi connectivity index (χ4n) is 2.98. The molecule has 0 saturated carbocycles. The number of hydrogen-bond acceptors (Lipinski definition) is 7. The number of para-hydroxylation sites is 2. The normalized spacial score (nSPS) is 14.9. The highest BCUT2D eigenvalue weighted by atomic mass is 32.2. The van der Waals surface area contributed by atoms with Gasteiger partial charge in [0.15, 0.2) is 22.5 Å². The molecule has 1 N–H and O–H groups in total. The van der Waals surface area contributed by atoms with Gasteiger partial charge in [0.25, 0.3) is 0 Å². The first-order chi connectivity index (χ1) is 14.7. The van der Waals surface area contributed by atoms with Crippen molar-refractivity contribution in [3.05, 3.63) is 61.4 Å². The second-order valence-electron chi connectivity index (χ2n) is 6.53. The molecule has 154 valence electrons. The molecule has 0 bridgehead atoms. The highest BCUT2D eigenvalue weighted by Gasteiger charge is 2.21. The van der Waals surface area contributed by atoms with Crippen molar-refractivity contribution in [2.75, 3.05) is 18.9 Å². The smallest absolute Gasteiger partial charge is 0.230 e. The summed E-state index contributed by atoms with van der Waals surface area (Å²) >= 11 is 1.33. The van der Waals surface area contributed by atoms with Crippen molar-refractivity contribution in [1.29, 1.82) is 0 Å². The van der Waals surface area contributed by atoms with Gasteiger partial charge in [0.1, 0.15) is 12.7 Å². The molecule has 2 aromatic heterocycles. The van der Waals surface area contributed by atoms with Gasteiger partial charge in [-0.05, 0) is 24.3 Å². The van der Waals surface area contributed by atoms with Gasteiger partial charge in [-0.1, -0.05) is 30.0 Å². The number of nitrogens with one attached hydrogen (secondary N) is 1. The summed E-state index contributed by atoms with van der Waals surface area (Å²) in [5, 5.41) is 12.1. The summed E-state index contributed by atoms with van der Waals surface area (Å²) in [6.07, 6.45) is 4.96. The molecule has 0 radical (unpaired) electrons. The summed E-state index contributed by atoms with van der Waals surface area (Å²) in [6.45, 7) is 5.11. The van der Waals surface area contributed by atoms with Crippen LogP contribution in [0.4, 0.5) is 0 Å². The molecular weight excluding hydrogens is 402 g/mol. The standard InChI is InChI=1S/C21H21N5O3S/c1-2-11-26-20(15-7-9-22-10-8-15)24-25-21(26)30-14-19(27)23-12-16-13-28-17-5-3-4-6-18(17)29-16/h2-10,16H,1,11-14H2,(H,23,27)/t16-/m0/s1. The number of carbonyl (C=O) groups is 1. The van der Waals surface area contributed by atoms with E-state index in [0.717, 1.165) is 11.3 Å². The molecule has 1 aliphatic heterocycles. The Morgan fingerprint density at radius 2 is 2.03 bits per heavy atom. The Bertz CT molecular complexity index is 1020. The molecule has 1 aromatic carbocycles. The highest BCUT2D eigenvalue weighted by molar-refractivity contribution is 7.99. The molecular formula is C21H21N5O3S. The fourth-order valence-corrected chi connectivity index (χ4v) is 3.75. The number of aromatic nitrogens is 4. The molecule has 0 spiro atoms. The number of carbonyl (C=O) groups excluding carboxylic acids is 1. The number of ether oxygens (including phenoxy) is 2. The summed E-state index contributed by atoms with van der Waals surface area (Å²) in [5.74, 6) is 2.24. The number of fused-ring (bicyclic) bond motifs is 1. The topological polar surface area (TPSA) is 91.2 Å². The first kappa shape index (κ1) is 20.0. The number of pyridine rings is 1. The van der Waals surface area contributed by atoms with Crippen LogP contribution < -0.4 is 14.8 Å². The SMILES string of the molecule is C=CCn1c(SCC(=O)NC[C@H]2COc3ccccc3O2)nnc1-c1ccncc1. The number of allylic oxidation sites excluding steroid dienone is 1. The molecule has 3 heterocycles. The van der Waals surface area contributed by atoms with Crippen LogP contribution in [0.15, 0.2) is 66.6 Å². The van der Waals surface area contributed by atoms with Crippen LogP contribution in [0.25, 0.3) is 11.4 Å². The molecule has 1 aliphatic rings. The van der Waals surface area contributed by atoms with Gasteiger partial charge in [0, 0.05) is 24.5 Å². The van der Waals surface area contributed by atoms with Crippen molar-refractivity contribution in [1.82, 2.24) is 25.1 Å². The van der Waals surface area contributed by atoms with Crippen LogP contribution in [-0.2, 0) is 11.3 Å². The highest BCUT2D eigenvalue weighted by Crippen LogP contribution is 2.30. The maximum absolute atomic E-state index is 12.3. The maximum Gasteiger partial charge on any atom is 0.230 e. The molecule has 0 fully saturated rings. The van der Waals surface area contributed by atoms with Crippen molar-refractivity contribution in [3.8, 4) is 22.9 Å². The van der Waals surface area contributed by atoms with Crippen LogP contribution in [-0.4, -0.2) is 50.7 Å². The van der Waals surface area contributed by atoms with Crippen LogP contribution in [0, 0.1) is 0 Å². The van der Waals surface area contributed by atoms with Crippen molar-refractivity contribution >= 4 is 17.7 Å². The number of hydrogen-bond donors (Lipinski definition) is 1. The first-order valence-corrected chi connectivity index (χ1v) is 10.5. The van der Waals surface area contributed by atoms with Crippen LogP contribution >= 0.6 is 11.8 Å². The van der Waals surface area contributed by atoms with E-state index in [9.17, 15) is 4.79 Å². The lowest BCUT2D eigenvalue weighted by atomic mass is 10.2. The van der Waals surface area contributed by atoms with Crippen molar-refractivity contribution in [2.24, 2.45) is 0 Å². The summed E-state index contributed by atoms with van der Waals surface area (Å²) in [7, 11) is 0. The van der Waals surface area contributed by atoms with Gasteiger partial charge >= 0.3 is 0 Å². The third kappa shape index (κ3) is 4.62. The van der Waals surface area contributed by atoms with E-state index < -0.39 is 0 Å². The van der Waals surface area contributed by atoms with Gasteiger partial charge in [-0.3, -0.25) is 14.3 Å². The molecule has 1 atom stereocenters. The number of nitrogens with zero attached hydrogens (tertiary/aromatic N) is 4. The first-order valence-electron chi connectivity index (χ1n) is 9.47. The van der Waals surface area contributed by atoms with Crippen molar-refractivity contribution in [2.45, 2.75) is 17.8 Å². The molecule has 8 nitrogen and oxygen atoms in total. The van der Waals surface area contributed by atoms with Crippen molar-refractivity contribution in [3.63, 3.8) is 0 Å². The lowest BCUT2D eigenvalue weighted by Crippen LogP contribution is -2.41. The van der Waals surface area contributed by atoms with Gasteiger partial charge in [0.2, 0.25) is 5.91 Å². The third-order valence-corrected chi connectivity index (χ3v) is 5.36. The van der Waals surface area contributed by atoms with Crippen LogP contribution in [0.1, 0.15) is 0 Å². The average Bonchev–Trinajstić information content (AvgIpc) is 3.19. The van der Waals surface area contributed by atoms with E-state index >= 15 is 0 Å². The minimum absolute atomic E-state index is 0.110. The van der Waals surface area contributed by atoms with E-state index in [0.29, 0.717) is 36.4 Å². The molecule has 3 aromatic rings. The number of rotatable bonds is 8. The van der Waals surface area contributed by atoms with Gasteiger partial charge in [-0.25, -0.2) is 0 Å². The summed E-state index contributed by atoms with van der Waals surface area (Å²) < 4.78 is 13.5. The third-order valence-electron chi connectivity index (χ3n) is 4.39. The largest absolute Gasteiger partial charge is 0.486 e. The molecule has 0 aliphatic carbocycles.